The standard InChI is InChI=1S/C19H21NO2/c1-14-8-6-7-11-17(14)15(2)20-19(22)13-12-18(21)16-9-4-3-5-10-16/h3-11,15H,12-13H2,1-2H3,(H,20,22). The molecule has 0 fully saturated rings. The van der Waals surface area contributed by atoms with Crippen LogP contribution in [0.4, 0.5) is 0 Å². The molecule has 3 heteroatoms. The van der Waals surface area contributed by atoms with Crippen molar-refractivity contribution in [3.8, 4) is 0 Å². The molecule has 0 aliphatic rings. The van der Waals surface area contributed by atoms with Gasteiger partial charge in [0, 0.05) is 18.4 Å². The van der Waals surface area contributed by atoms with Gasteiger partial charge in [-0.2, -0.15) is 0 Å². The average Bonchev–Trinajstić information content (AvgIpc) is 2.53. The zero-order valence-corrected chi connectivity index (χ0v) is 13.0. The molecule has 0 aliphatic heterocycles. The minimum Gasteiger partial charge on any atom is -0.350 e. The van der Waals surface area contributed by atoms with Gasteiger partial charge in [0.1, 0.15) is 0 Å². The largest absolute Gasteiger partial charge is 0.350 e. The van der Waals surface area contributed by atoms with Crippen LogP contribution in [0.15, 0.2) is 54.6 Å². The third-order valence-corrected chi connectivity index (χ3v) is 3.71. The maximum absolute atomic E-state index is 12.0. The molecule has 0 saturated heterocycles. The van der Waals surface area contributed by atoms with Crippen LogP contribution in [0.5, 0.6) is 0 Å². The molecule has 1 atom stereocenters. The van der Waals surface area contributed by atoms with Gasteiger partial charge in [-0.25, -0.2) is 0 Å². The summed E-state index contributed by atoms with van der Waals surface area (Å²) in [5.41, 5.74) is 2.91. The van der Waals surface area contributed by atoms with Gasteiger partial charge in [0.15, 0.2) is 5.78 Å². The van der Waals surface area contributed by atoms with Crippen LogP contribution in [0, 0.1) is 6.92 Å². The maximum atomic E-state index is 12.0. The highest BCUT2D eigenvalue weighted by Crippen LogP contribution is 2.17. The molecule has 2 aromatic carbocycles. The van der Waals surface area contributed by atoms with Gasteiger partial charge in [0.2, 0.25) is 5.91 Å². The second-order valence-corrected chi connectivity index (χ2v) is 5.43. The number of Topliss-reactive ketones (excluding diaryl/α,β-unsaturated/α-hetero) is 1. The molecule has 0 spiro atoms. The number of carbonyl (C=O) groups is 2. The van der Waals surface area contributed by atoms with Crippen LogP contribution in [0.1, 0.15) is 47.3 Å². The summed E-state index contributed by atoms with van der Waals surface area (Å²) in [6, 6.07) is 17.0. The van der Waals surface area contributed by atoms with E-state index < -0.39 is 0 Å². The number of nitrogens with one attached hydrogen (secondary N) is 1. The van der Waals surface area contributed by atoms with Crippen LogP contribution in [-0.2, 0) is 4.79 Å². The van der Waals surface area contributed by atoms with E-state index in [-0.39, 0.29) is 30.6 Å². The van der Waals surface area contributed by atoms with Crippen molar-refractivity contribution in [2.75, 3.05) is 0 Å². The number of benzene rings is 2. The highest BCUT2D eigenvalue weighted by molar-refractivity contribution is 5.97. The number of hydrogen-bond acceptors (Lipinski definition) is 2. The average molecular weight is 295 g/mol. The van der Waals surface area contributed by atoms with E-state index in [0.717, 1.165) is 11.1 Å². The summed E-state index contributed by atoms with van der Waals surface area (Å²) >= 11 is 0. The Hall–Kier alpha value is -2.42. The summed E-state index contributed by atoms with van der Waals surface area (Å²) in [7, 11) is 0. The van der Waals surface area contributed by atoms with Gasteiger partial charge >= 0.3 is 0 Å². The predicted octanol–water partition coefficient (Wildman–Crippen LogP) is 3.84. The second kappa shape index (κ2) is 7.55. The fourth-order valence-electron chi connectivity index (χ4n) is 2.46. The first kappa shape index (κ1) is 16.0. The number of aryl methyl sites for hydroxylation is 1. The van der Waals surface area contributed by atoms with Crippen LogP contribution in [0.3, 0.4) is 0 Å². The Morgan fingerprint density at radius 1 is 0.955 bits per heavy atom. The fraction of sp³-hybridized carbons (Fsp3) is 0.263. The first-order chi connectivity index (χ1) is 10.6. The Morgan fingerprint density at radius 2 is 1.59 bits per heavy atom. The van der Waals surface area contributed by atoms with Crippen molar-refractivity contribution in [3.63, 3.8) is 0 Å². The van der Waals surface area contributed by atoms with Gasteiger partial charge in [0.25, 0.3) is 0 Å². The Kier molecular flexibility index (Phi) is 5.48. The van der Waals surface area contributed by atoms with Crippen molar-refractivity contribution < 1.29 is 9.59 Å². The topological polar surface area (TPSA) is 46.2 Å². The lowest BCUT2D eigenvalue weighted by atomic mass is 10.0. The first-order valence-corrected chi connectivity index (χ1v) is 7.51. The molecule has 3 nitrogen and oxygen atoms in total. The SMILES string of the molecule is Cc1ccccc1C(C)NC(=O)CCC(=O)c1ccccc1. The Bertz CT molecular complexity index is 649. The normalized spacial score (nSPS) is 11.7. The quantitative estimate of drug-likeness (QED) is 0.823. The molecule has 1 N–H and O–H groups in total. The van der Waals surface area contributed by atoms with Gasteiger partial charge in [-0.05, 0) is 25.0 Å². The van der Waals surface area contributed by atoms with Gasteiger partial charge in [0.05, 0.1) is 6.04 Å². The van der Waals surface area contributed by atoms with E-state index in [9.17, 15) is 9.59 Å². The lowest BCUT2D eigenvalue weighted by Crippen LogP contribution is -2.27. The lowest BCUT2D eigenvalue weighted by molar-refractivity contribution is -0.121. The molecule has 0 radical (unpaired) electrons. The molecule has 114 valence electrons. The molecule has 0 aliphatic carbocycles. The Balaban J connectivity index is 1.86. The minimum absolute atomic E-state index is 0.000653. The van der Waals surface area contributed by atoms with Crippen LogP contribution < -0.4 is 5.32 Å². The van der Waals surface area contributed by atoms with E-state index in [2.05, 4.69) is 5.32 Å². The van der Waals surface area contributed by atoms with E-state index in [1.807, 2.05) is 56.3 Å². The molecule has 1 amide bonds. The Morgan fingerprint density at radius 3 is 2.27 bits per heavy atom. The summed E-state index contributed by atoms with van der Waals surface area (Å²) in [4.78, 5) is 24.0. The van der Waals surface area contributed by atoms with Crippen LogP contribution in [-0.4, -0.2) is 11.7 Å². The van der Waals surface area contributed by atoms with E-state index in [4.69, 9.17) is 0 Å². The molecule has 22 heavy (non-hydrogen) atoms. The minimum atomic E-state index is -0.0972. The number of rotatable bonds is 6. The number of carbonyl (C=O) groups excluding carboxylic acids is 2. The van der Waals surface area contributed by atoms with Gasteiger partial charge in [-0.15, -0.1) is 0 Å². The third-order valence-electron chi connectivity index (χ3n) is 3.71. The van der Waals surface area contributed by atoms with E-state index in [1.165, 1.54) is 0 Å². The van der Waals surface area contributed by atoms with Crippen molar-refractivity contribution in [1.29, 1.82) is 0 Å². The molecular weight excluding hydrogens is 274 g/mol. The van der Waals surface area contributed by atoms with E-state index in [0.29, 0.717) is 5.56 Å². The van der Waals surface area contributed by atoms with Crippen molar-refractivity contribution in [2.24, 2.45) is 0 Å². The summed E-state index contributed by atoms with van der Waals surface area (Å²) in [6.07, 6.45) is 0.445. The van der Waals surface area contributed by atoms with E-state index >= 15 is 0 Å². The van der Waals surface area contributed by atoms with Gasteiger partial charge < -0.3 is 5.32 Å². The number of hydrogen-bond donors (Lipinski definition) is 1. The summed E-state index contributed by atoms with van der Waals surface area (Å²) in [6.45, 7) is 3.98. The smallest absolute Gasteiger partial charge is 0.220 e. The monoisotopic (exact) mass is 295 g/mol. The van der Waals surface area contributed by atoms with Crippen LogP contribution in [0.2, 0.25) is 0 Å². The van der Waals surface area contributed by atoms with Crippen LogP contribution >= 0.6 is 0 Å². The molecule has 1 unspecified atom stereocenters. The number of ketones is 1. The summed E-state index contributed by atoms with van der Waals surface area (Å²) < 4.78 is 0. The molecule has 0 bridgehead atoms. The Labute approximate surface area is 131 Å². The number of amides is 1. The second-order valence-electron chi connectivity index (χ2n) is 5.43. The maximum Gasteiger partial charge on any atom is 0.220 e. The molecular formula is C19H21NO2. The predicted molar refractivity (Wildman–Crippen MR) is 87.7 cm³/mol. The molecule has 2 aromatic rings. The van der Waals surface area contributed by atoms with Crippen molar-refractivity contribution in [2.45, 2.75) is 32.7 Å². The summed E-state index contributed by atoms with van der Waals surface area (Å²) in [5.74, 6) is -0.0978. The zero-order chi connectivity index (χ0) is 15.9. The molecule has 0 saturated carbocycles. The summed E-state index contributed by atoms with van der Waals surface area (Å²) in [5, 5.41) is 2.95. The first-order valence-electron chi connectivity index (χ1n) is 7.51. The molecule has 0 aromatic heterocycles. The van der Waals surface area contributed by atoms with Gasteiger partial charge in [-0.3, -0.25) is 9.59 Å². The van der Waals surface area contributed by atoms with Crippen molar-refractivity contribution >= 4 is 11.7 Å². The molecule has 0 heterocycles. The zero-order valence-electron chi connectivity index (χ0n) is 13.0. The fourth-order valence-corrected chi connectivity index (χ4v) is 2.46. The van der Waals surface area contributed by atoms with Gasteiger partial charge in [-0.1, -0.05) is 54.6 Å². The molecule has 2 rings (SSSR count). The van der Waals surface area contributed by atoms with Crippen molar-refractivity contribution in [1.82, 2.24) is 5.32 Å². The lowest BCUT2D eigenvalue weighted by Gasteiger charge is -2.16. The van der Waals surface area contributed by atoms with Crippen LogP contribution in [0.25, 0.3) is 0 Å². The van der Waals surface area contributed by atoms with E-state index in [1.54, 1.807) is 12.1 Å². The highest BCUT2D eigenvalue weighted by atomic mass is 16.2. The van der Waals surface area contributed by atoms with Crippen molar-refractivity contribution in [3.05, 3.63) is 71.3 Å². The third kappa shape index (κ3) is 4.29. The highest BCUT2D eigenvalue weighted by Gasteiger charge is 2.13.